The van der Waals surface area contributed by atoms with Crippen molar-refractivity contribution in [3.05, 3.63) is 11.6 Å². The van der Waals surface area contributed by atoms with E-state index in [0.29, 0.717) is 19.0 Å². The fraction of sp³-hybridized carbons (Fsp3) is 0.667. The number of hydrogen-bond donors (Lipinski definition) is 2. The number of aromatic amines is 1. The summed E-state index contributed by atoms with van der Waals surface area (Å²) in [6.07, 6.45) is 2.20. The first-order valence-electron chi connectivity index (χ1n) is 6.52. The molecule has 7 nitrogen and oxygen atoms in total. The van der Waals surface area contributed by atoms with Crippen LogP contribution in [0.15, 0.2) is 0 Å². The molecule has 0 atom stereocenters. The molecule has 7 heteroatoms. The molecule has 2 fully saturated rings. The highest BCUT2D eigenvalue weighted by Crippen LogP contribution is 2.37. The Morgan fingerprint density at radius 3 is 2.84 bits per heavy atom. The van der Waals surface area contributed by atoms with Crippen molar-refractivity contribution in [1.82, 2.24) is 25.4 Å². The van der Waals surface area contributed by atoms with Crippen LogP contribution in [0.3, 0.4) is 0 Å². The second-order valence-electron chi connectivity index (χ2n) is 5.59. The van der Waals surface area contributed by atoms with Crippen LogP contribution in [0, 0.1) is 0 Å². The summed E-state index contributed by atoms with van der Waals surface area (Å²) in [4.78, 5) is 30.0. The fourth-order valence-corrected chi connectivity index (χ4v) is 2.29. The van der Waals surface area contributed by atoms with Crippen LogP contribution in [0.25, 0.3) is 0 Å². The zero-order valence-corrected chi connectivity index (χ0v) is 11.1. The van der Waals surface area contributed by atoms with E-state index in [4.69, 9.17) is 0 Å². The summed E-state index contributed by atoms with van der Waals surface area (Å²) in [6, 6.07) is 0. The highest BCUT2D eigenvalue weighted by atomic mass is 16.2. The number of H-pyrrole nitrogens is 1. The highest BCUT2D eigenvalue weighted by molar-refractivity contribution is 5.97. The van der Waals surface area contributed by atoms with Crippen molar-refractivity contribution in [3.63, 3.8) is 0 Å². The minimum atomic E-state index is -0.865. The first kappa shape index (κ1) is 12.1. The zero-order chi connectivity index (χ0) is 13.6. The first-order valence-corrected chi connectivity index (χ1v) is 6.52. The molecule has 1 saturated heterocycles. The molecule has 19 heavy (non-hydrogen) atoms. The topological polar surface area (TPSA) is 91.0 Å². The Labute approximate surface area is 110 Å². The monoisotopic (exact) mass is 263 g/mol. The Balaban J connectivity index is 1.83. The van der Waals surface area contributed by atoms with Gasteiger partial charge >= 0.3 is 0 Å². The molecular formula is C12H17N5O2. The summed E-state index contributed by atoms with van der Waals surface area (Å²) in [7, 11) is 0. The summed E-state index contributed by atoms with van der Waals surface area (Å²) >= 11 is 0. The van der Waals surface area contributed by atoms with Crippen molar-refractivity contribution >= 4 is 11.8 Å². The molecular weight excluding hydrogens is 246 g/mol. The van der Waals surface area contributed by atoms with Gasteiger partial charge in [-0.3, -0.25) is 14.7 Å². The SMILES string of the molecule is CC1(C)C(=O)NCCN1C(=O)c1n[nH]c(C2CC2)n1. The van der Waals surface area contributed by atoms with Crippen molar-refractivity contribution in [3.8, 4) is 0 Å². The lowest BCUT2D eigenvalue weighted by Crippen LogP contribution is -2.63. The van der Waals surface area contributed by atoms with Gasteiger partial charge in [0.25, 0.3) is 5.91 Å². The molecule has 2 heterocycles. The molecule has 2 aliphatic rings. The smallest absolute Gasteiger partial charge is 0.294 e. The number of rotatable bonds is 2. The van der Waals surface area contributed by atoms with Crippen molar-refractivity contribution in [1.29, 1.82) is 0 Å². The third-order valence-corrected chi connectivity index (χ3v) is 3.75. The van der Waals surface area contributed by atoms with Crippen LogP contribution in [-0.4, -0.2) is 50.5 Å². The summed E-state index contributed by atoms with van der Waals surface area (Å²) in [5, 5.41) is 9.56. The quantitative estimate of drug-likeness (QED) is 0.787. The fourth-order valence-electron chi connectivity index (χ4n) is 2.29. The van der Waals surface area contributed by atoms with E-state index in [1.54, 1.807) is 13.8 Å². The van der Waals surface area contributed by atoms with E-state index in [9.17, 15) is 9.59 Å². The summed E-state index contributed by atoms with van der Waals surface area (Å²) < 4.78 is 0. The van der Waals surface area contributed by atoms with Crippen molar-refractivity contribution in [2.75, 3.05) is 13.1 Å². The maximum Gasteiger partial charge on any atom is 0.294 e. The van der Waals surface area contributed by atoms with Crippen LogP contribution in [0.2, 0.25) is 0 Å². The number of nitrogens with one attached hydrogen (secondary N) is 2. The van der Waals surface area contributed by atoms with Gasteiger partial charge in [0, 0.05) is 19.0 Å². The minimum Gasteiger partial charge on any atom is -0.352 e. The van der Waals surface area contributed by atoms with E-state index in [-0.39, 0.29) is 17.6 Å². The number of aromatic nitrogens is 3. The standard InChI is InChI=1S/C12H17N5O2/c1-12(2)11(19)13-5-6-17(12)10(18)9-14-8(15-16-9)7-3-4-7/h7H,3-6H2,1-2H3,(H,13,19)(H,14,15,16). The molecule has 1 aromatic heterocycles. The van der Waals surface area contributed by atoms with E-state index < -0.39 is 5.54 Å². The number of carbonyl (C=O) groups is 2. The normalized spacial score (nSPS) is 22.2. The number of piperazine rings is 1. The van der Waals surface area contributed by atoms with Crippen LogP contribution >= 0.6 is 0 Å². The van der Waals surface area contributed by atoms with Gasteiger partial charge in [-0.2, -0.15) is 0 Å². The third-order valence-electron chi connectivity index (χ3n) is 3.75. The number of carbonyl (C=O) groups excluding carboxylic acids is 2. The van der Waals surface area contributed by atoms with Crippen molar-refractivity contribution < 1.29 is 9.59 Å². The van der Waals surface area contributed by atoms with E-state index >= 15 is 0 Å². The molecule has 1 aromatic rings. The van der Waals surface area contributed by atoms with Gasteiger partial charge < -0.3 is 10.2 Å². The second kappa shape index (κ2) is 4.04. The molecule has 0 radical (unpaired) electrons. The van der Waals surface area contributed by atoms with Crippen LogP contribution in [0.5, 0.6) is 0 Å². The average Bonchev–Trinajstić information content (AvgIpc) is 3.10. The maximum absolute atomic E-state index is 12.4. The molecule has 3 rings (SSSR count). The summed E-state index contributed by atoms with van der Waals surface area (Å²) in [5.74, 6) is 0.923. The van der Waals surface area contributed by atoms with Crippen LogP contribution in [-0.2, 0) is 4.79 Å². The second-order valence-corrected chi connectivity index (χ2v) is 5.59. The van der Waals surface area contributed by atoms with Crippen LogP contribution in [0.1, 0.15) is 49.1 Å². The number of amides is 2. The molecule has 2 N–H and O–H groups in total. The number of hydrogen-bond acceptors (Lipinski definition) is 4. The van der Waals surface area contributed by atoms with Crippen LogP contribution < -0.4 is 5.32 Å². The molecule has 2 amide bonds. The Bertz CT molecular complexity index is 532. The number of nitrogens with zero attached hydrogens (tertiary/aromatic N) is 3. The lowest BCUT2D eigenvalue weighted by molar-refractivity contribution is -0.133. The van der Waals surface area contributed by atoms with Crippen molar-refractivity contribution in [2.45, 2.75) is 38.1 Å². The van der Waals surface area contributed by atoms with Gasteiger partial charge in [0.05, 0.1) is 0 Å². The van der Waals surface area contributed by atoms with Crippen LogP contribution in [0.4, 0.5) is 0 Å². The lowest BCUT2D eigenvalue weighted by Gasteiger charge is -2.40. The third kappa shape index (κ3) is 1.98. The van der Waals surface area contributed by atoms with Crippen molar-refractivity contribution in [2.24, 2.45) is 0 Å². The first-order chi connectivity index (χ1) is 9.00. The van der Waals surface area contributed by atoms with Gasteiger partial charge in [-0.15, -0.1) is 5.10 Å². The van der Waals surface area contributed by atoms with E-state index in [1.807, 2.05) is 0 Å². The molecule has 0 spiro atoms. The Hall–Kier alpha value is -1.92. The molecule has 0 bridgehead atoms. The van der Waals surface area contributed by atoms with Gasteiger partial charge in [0.2, 0.25) is 11.7 Å². The maximum atomic E-state index is 12.4. The van der Waals surface area contributed by atoms with Gasteiger partial charge in [-0.25, -0.2) is 4.98 Å². The molecule has 1 aliphatic carbocycles. The van der Waals surface area contributed by atoms with Gasteiger partial charge in [0.15, 0.2) is 0 Å². The Morgan fingerprint density at radius 2 is 2.16 bits per heavy atom. The zero-order valence-electron chi connectivity index (χ0n) is 11.1. The largest absolute Gasteiger partial charge is 0.352 e. The molecule has 1 aliphatic heterocycles. The molecule has 0 aromatic carbocycles. The predicted octanol–water partition coefficient (Wildman–Crippen LogP) is 0.0327. The van der Waals surface area contributed by atoms with Gasteiger partial charge in [-0.05, 0) is 26.7 Å². The lowest BCUT2D eigenvalue weighted by atomic mass is 9.99. The van der Waals surface area contributed by atoms with E-state index in [0.717, 1.165) is 18.7 Å². The highest BCUT2D eigenvalue weighted by Gasteiger charge is 2.42. The Kier molecular flexibility index (Phi) is 2.58. The predicted molar refractivity (Wildman–Crippen MR) is 66.5 cm³/mol. The average molecular weight is 263 g/mol. The van der Waals surface area contributed by atoms with Gasteiger partial charge in [0.1, 0.15) is 11.4 Å². The Morgan fingerprint density at radius 1 is 1.42 bits per heavy atom. The molecule has 1 saturated carbocycles. The van der Waals surface area contributed by atoms with Gasteiger partial charge in [-0.1, -0.05) is 0 Å². The van der Waals surface area contributed by atoms with E-state index in [2.05, 4.69) is 20.5 Å². The molecule has 102 valence electrons. The van der Waals surface area contributed by atoms with E-state index in [1.165, 1.54) is 4.90 Å². The minimum absolute atomic E-state index is 0.148. The molecule has 0 unspecified atom stereocenters. The summed E-state index contributed by atoms with van der Waals surface area (Å²) in [5.41, 5.74) is -0.865. The summed E-state index contributed by atoms with van der Waals surface area (Å²) in [6.45, 7) is 4.40.